The fourth-order valence-electron chi connectivity index (χ4n) is 1.90. The van der Waals surface area contributed by atoms with Gasteiger partial charge in [0, 0.05) is 5.56 Å². The van der Waals surface area contributed by atoms with Crippen molar-refractivity contribution < 1.29 is 18.8 Å². The van der Waals surface area contributed by atoms with Gasteiger partial charge in [-0.2, -0.15) is 0 Å². The Hall–Kier alpha value is -3.19. The molecule has 1 N–H and O–H groups in total. The molecule has 1 heterocycles. The first-order valence-corrected chi connectivity index (χ1v) is 7.27. The van der Waals surface area contributed by atoms with Crippen molar-refractivity contribution in [2.75, 3.05) is 6.61 Å². The van der Waals surface area contributed by atoms with Gasteiger partial charge in [0.1, 0.15) is 0 Å². The summed E-state index contributed by atoms with van der Waals surface area (Å²) in [5.74, 6) is -0.128. The number of carbonyl (C=O) groups is 1. The van der Waals surface area contributed by atoms with E-state index < -0.39 is 5.91 Å². The van der Waals surface area contributed by atoms with Gasteiger partial charge in [-0.1, -0.05) is 53.6 Å². The Morgan fingerprint density at radius 3 is 2.46 bits per heavy atom. The van der Waals surface area contributed by atoms with Crippen molar-refractivity contribution in [1.82, 2.24) is 15.7 Å². The summed E-state index contributed by atoms with van der Waals surface area (Å²) >= 11 is 0. The minimum Gasteiger partial charge on any atom is -0.439 e. The van der Waals surface area contributed by atoms with Gasteiger partial charge in [0.25, 0.3) is 11.8 Å². The Kier molecular flexibility index (Phi) is 5.16. The van der Waals surface area contributed by atoms with Gasteiger partial charge in [-0.25, -0.2) is 5.48 Å². The predicted molar refractivity (Wildman–Crippen MR) is 84.6 cm³/mol. The van der Waals surface area contributed by atoms with Crippen LogP contribution in [0.15, 0.2) is 65.1 Å². The number of carbonyl (C=O) groups excluding carboxylic acids is 1. The summed E-state index contributed by atoms with van der Waals surface area (Å²) in [7, 11) is 0. The molecule has 7 nitrogen and oxygen atoms in total. The molecule has 1 amide bonds. The second-order valence-corrected chi connectivity index (χ2v) is 4.83. The zero-order valence-corrected chi connectivity index (χ0v) is 12.7. The van der Waals surface area contributed by atoms with Crippen LogP contribution in [0.4, 0.5) is 0 Å². The number of hydroxylamine groups is 1. The first kappa shape index (κ1) is 15.7. The highest BCUT2D eigenvalue weighted by Gasteiger charge is 2.11. The quantitative estimate of drug-likeness (QED) is 0.671. The number of nitrogens with one attached hydrogen (secondary N) is 1. The standard InChI is InChI=1S/C17H15N3O4/c21-15(20-23-11-13-7-3-1-4-8-13)12-22-17-19-18-16(24-17)14-9-5-2-6-10-14/h1-10H,11-12H2,(H,20,21). The van der Waals surface area contributed by atoms with E-state index in [0.717, 1.165) is 11.1 Å². The van der Waals surface area contributed by atoms with Crippen LogP contribution in [0, 0.1) is 0 Å². The highest BCUT2D eigenvalue weighted by molar-refractivity contribution is 5.76. The molecule has 0 bridgehead atoms. The van der Waals surface area contributed by atoms with Crippen molar-refractivity contribution in [3.05, 3.63) is 66.2 Å². The molecular weight excluding hydrogens is 310 g/mol. The molecule has 0 atom stereocenters. The van der Waals surface area contributed by atoms with Crippen LogP contribution >= 0.6 is 0 Å². The van der Waals surface area contributed by atoms with Crippen LogP contribution in [-0.2, 0) is 16.2 Å². The molecule has 0 aliphatic rings. The van der Waals surface area contributed by atoms with Crippen molar-refractivity contribution in [3.63, 3.8) is 0 Å². The van der Waals surface area contributed by atoms with Gasteiger partial charge < -0.3 is 9.15 Å². The summed E-state index contributed by atoms with van der Waals surface area (Å²) in [6.07, 6.45) is -0.0768. The van der Waals surface area contributed by atoms with E-state index in [1.54, 1.807) is 0 Å². The van der Waals surface area contributed by atoms with E-state index in [4.69, 9.17) is 14.0 Å². The zero-order valence-electron chi connectivity index (χ0n) is 12.7. The SMILES string of the molecule is O=C(COc1nnc(-c2ccccc2)o1)NOCc1ccccc1. The number of aromatic nitrogens is 2. The summed E-state index contributed by atoms with van der Waals surface area (Å²) < 4.78 is 10.5. The minimum absolute atomic E-state index is 0.0768. The van der Waals surface area contributed by atoms with E-state index in [9.17, 15) is 4.79 Å². The molecule has 3 rings (SSSR count). The number of hydrogen-bond acceptors (Lipinski definition) is 6. The maximum atomic E-state index is 11.6. The zero-order chi connectivity index (χ0) is 16.6. The van der Waals surface area contributed by atoms with Crippen molar-refractivity contribution in [3.8, 4) is 17.5 Å². The third kappa shape index (κ3) is 4.40. The van der Waals surface area contributed by atoms with Crippen LogP contribution in [0.1, 0.15) is 5.56 Å². The predicted octanol–water partition coefficient (Wildman–Crippen LogP) is 2.36. The van der Waals surface area contributed by atoms with Gasteiger partial charge >= 0.3 is 6.08 Å². The van der Waals surface area contributed by atoms with E-state index in [1.165, 1.54) is 0 Å². The maximum Gasteiger partial charge on any atom is 0.415 e. The summed E-state index contributed by atoms with van der Waals surface area (Å²) in [4.78, 5) is 16.7. The molecule has 0 fully saturated rings. The molecule has 0 saturated heterocycles. The lowest BCUT2D eigenvalue weighted by Gasteiger charge is -2.05. The van der Waals surface area contributed by atoms with E-state index in [1.807, 2.05) is 60.7 Å². The molecule has 122 valence electrons. The monoisotopic (exact) mass is 325 g/mol. The molecule has 0 saturated carbocycles. The number of benzene rings is 2. The van der Waals surface area contributed by atoms with Gasteiger partial charge in [0.05, 0.1) is 6.61 Å². The second kappa shape index (κ2) is 7.89. The third-order valence-electron chi connectivity index (χ3n) is 3.02. The first-order valence-electron chi connectivity index (χ1n) is 7.27. The number of hydrogen-bond donors (Lipinski definition) is 1. The number of ether oxygens (including phenoxy) is 1. The summed E-state index contributed by atoms with van der Waals surface area (Å²) in [6.45, 7) is -0.0174. The molecule has 0 aliphatic carbocycles. The summed E-state index contributed by atoms with van der Waals surface area (Å²) in [5, 5.41) is 7.59. The third-order valence-corrected chi connectivity index (χ3v) is 3.02. The second-order valence-electron chi connectivity index (χ2n) is 4.83. The van der Waals surface area contributed by atoms with Crippen molar-refractivity contribution in [1.29, 1.82) is 0 Å². The van der Waals surface area contributed by atoms with Gasteiger partial charge in [-0.15, -0.1) is 5.10 Å². The molecular formula is C17H15N3O4. The van der Waals surface area contributed by atoms with Crippen LogP contribution in [0.5, 0.6) is 6.08 Å². The smallest absolute Gasteiger partial charge is 0.415 e. The molecule has 2 aromatic carbocycles. The number of nitrogens with zero attached hydrogens (tertiary/aromatic N) is 2. The molecule has 0 aliphatic heterocycles. The van der Waals surface area contributed by atoms with Crippen LogP contribution < -0.4 is 10.2 Å². The van der Waals surface area contributed by atoms with Gasteiger partial charge in [0.2, 0.25) is 0 Å². The van der Waals surface area contributed by atoms with E-state index in [2.05, 4.69) is 15.7 Å². The molecule has 1 aromatic heterocycles. The van der Waals surface area contributed by atoms with Crippen LogP contribution in [0.2, 0.25) is 0 Å². The van der Waals surface area contributed by atoms with Gasteiger partial charge in [-0.05, 0) is 17.7 Å². The lowest BCUT2D eigenvalue weighted by molar-refractivity contribution is -0.137. The Morgan fingerprint density at radius 1 is 1.00 bits per heavy atom. The van der Waals surface area contributed by atoms with Crippen molar-refractivity contribution in [2.24, 2.45) is 0 Å². The Bertz CT molecular complexity index is 775. The van der Waals surface area contributed by atoms with Crippen molar-refractivity contribution >= 4 is 5.91 Å². The lowest BCUT2D eigenvalue weighted by atomic mass is 10.2. The molecule has 0 unspecified atom stereocenters. The highest BCUT2D eigenvalue weighted by Crippen LogP contribution is 2.20. The minimum atomic E-state index is -0.453. The number of amides is 1. The molecule has 0 spiro atoms. The molecule has 0 radical (unpaired) electrons. The fourth-order valence-corrected chi connectivity index (χ4v) is 1.90. The van der Waals surface area contributed by atoms with Gasteiger partial charge in [-0.3, -0.25) is 9.63 Å². The largest absolute Gasteiger partial charge is 0.439 e. The Morgan fingerprint density at radius 2 is 1.71 bits per heavy atom. The van der Waals surface area contributed by atoms with Crippen molar-refractivity contribution in [2.45, 2.75) is 6.61 Å². The van der Waals surface area contributed by atoms with Crippen LogP contribution in [-0.4, -0.2) is 22.7 Å². The lowest BCUT2D eigenvalue weighted by Crippen LogP contribution is -2.29. The van der Waals surface area contributed by atoms with E-state index >= 15 is 0 Å². The Labute approximate surface area is 138 Å². The fraction of sp³-hybridized carbons (Fsp3) is 0.118. The van der Waals surface area contributed by atoms with Gasteiger partial charge in [0.15, 0.2) is 6.61 Å². The average Bonchev–Trinajstić information content (AvgIpc) is 3.11. The Balaban J connectivity index is 1.42. The van der Waals surface area contributed by atoms with E-state index in [0.29, 0.717) is 5.89 Å². The average molecular weight is 325 g/mol. The topological polar surface area (TPSA) is 86.5 Å². The summed E-state index contributed by atoms with van der Waals surface area (Å²) in [6, 6.07) is 18.8. The highest BCUT2D eigenvalue weighted by atomic mass is 16.7. The summed E-state index contributed by atoms with van der Waals surface area (Å²) in [5.41, 5.74) is 4.01. The number of rotatable bonds is 7. The molecule has 24 heavy (non-hydrogen) atoms. The first-order chi connectivity index (χ1) is 11.8. The normalized spacial score (nSPS) is 10.3. The van der Waals surface area contributed by atoms with Crippen LogP contribution in [0.3, 0.4) is 0 Å². The molecule has 7 heteroatoms. The van der Waals surface area contributed by atoms with E-state index in [-0.39, 0.29) is 19.3 Å². The van der Waals surface area contributed by atoms with Crippen LogP contribution in [0.25, 0.3) is 11.5 Å². The molecule has 3 aromatic rings. The maximum absolute atomic E-state index is 11.6.